The lowest BCUT2D eigenvalue weighted by molar-refractivity contribution is -0.142. The summed E-state index contributed by atoms with van der Waals surface area (Å²) in [7, 11) is 0. The fraction of sp³-hybridized carbons (Fsp3) is 0.250. The van der Waals surface area contributed by atoms with Gasteiger partial charge in [0.2, 0.25) is 0 Å². The zero-order chi connectivity index (χ0) is 9.84. The van der Waals surface area contributed by atoms with Gasteiger partial charge in [-0.25, -0.2) is 0 Å². The maximum Gasteiger partial charge on any atom is 0.303 e. The average Bonchev–Trinajstić information content (AvgIpc) is 2.07. The van der Waals surface area contributed by atoms with Crippen molar-refractivity contribution in [2.24, 2.45) is 0 Å². The summed E-state index contributed by atoms with van der Waals surface area (Å²) in [6.07, 6.45) is 1.43. The molecule has 0 fully saturated rings. The SMILES string of the molecule is CC(=O)OCc1cc(N)c(Cl)cn1. The Balaban J connectivity index is 2.68. The molecule has 1 heterocycles. The van der Waals surface area contributed by atoms with Crippen LogP contribution in [0.4, 0.5) is 5.69 Å². The molecule has 0 aromatic carbocycles. The summed E-state index contributed by atoms with van der Waals surface area (Å²) in [6, 6.07) is 1.57. The molecule has 5 heteroatoms. The number of nitrogens with zero attached hydrogens (tertiary/aromatic N) is 1. The van der Waals surface area contributed by atoms with Crippen LogP contribution in [0.5, 0.6) is 0 Å². The number of carbonyl (C=O) groups is 1. The molecule has 0 saturated heterocycles. The van der Waals surface area contributed by atoms with E-state index in [-0.39, 0.29) is 12.6 Å². The largest absolute Gasteiger partial charge is 0.459 e. The number of rotatable bonds is 2. The fourth-order valence-corrected chi connectivity index (χ4v) is 0.858. The zero-order valence-corrected chi connectivity index (χ0v) is 7.84. The molecular formula is C8H9ClN2O2. The highest BCUT2D eigenvalue weighted by molar-refractivity contribution is 6.32. The predicted octanol–water partition coefficient (Wildman–Crippen LogP) is 1.38. The summed E-state index contributed by atoms with van der Waals surface area (Å²) < 4.78 is 4.72. The first-order valence-electron chi connectivity index (χ1n) is 3.63. The third-order valence-corrected chi connectivity index (χ3v) is 1.68. The quantitative estimate of drug-likeness (QED) is 0.733. The van der Waals surface area contributed by atoms with Crippen molar-refractivity contribution in [3.63, 3.8) is 0 Å². The van der Waals surface area contributed by atoms with Crippen LogP contribution in [0, 0.1) is 0 Å². The minimum absolute atomic E-state index is 0.122. The van der Waals surface area contributed by atoms with Crippen molar-refractivity contribution < 1.29 is 9.53 Å². The zero-order valence-electron chi connectivity index (χ0n) is 7.08. The third-order valence-electron chi connectivity index (χ3n) is 1.36. The molecule has 1 rings (SSSR count). The van der Waals surface area contributed by atoms with Gasteiger partial charge >= 0.3 is 5.97 Å². The van der Waals surface area contributed by atoms with Crippen LogP contribution in [0.3, 0.4) is 0 Å². The summed E-state index contributed by atoms with van der Waals surface area (Å²) in [6.45, 7) is 1.45. The highest BCUT2D eigenvalue weighted by atomic mass is 35.5. The van der Waals surface area contributed by atoms with Crippen molar-refractivity contribution in [3.05, 3.63) is 23.0 Å². The highest BCUT2D eigenvalue weighted by Crippen LogP contribution is 2.17. The van der Waals surface area contributed by atoms with E-state index in [0.717, 1.165) is 0 Å². The Bertz CT molecular complexity index is 328. The molecular weight excluding hydrogens is 192 g/mol. The van der Waals surface area contributed by atoms with E-state index in [1.165, 1.54) is 13.1 Å². The lowest BCUT2D eigenvalue weighted by Crippen LogP contribution is -2.01. The van der Waals surface area contributed by atoms with Gasteiger partial charge < -0.3 is 10.5 Å². The molecule has 13 heavy (non-hydrogen) atoms. The van der Waals surface area contributed by atoms with Crippen molar-refractivity contribution in [2.75, 3.05) is 5.73 Å². The van der Waals surface area contributed by atoms with Gasteiger partial charge in [0.1, 0.15) is 6.61 Å². The van der Waals surface area contributed by atoms with E-state index < -0.39 is 0 Å². The molecule has 0 aliphatic carbocycles. The summed E-state index contributed by atoms with van der Waals surface area (Å²) in [4.78, 5) is 14.4. The summed E-state index contributed by atoms with van der Waals surface area (Å²) in [5, 5.41) is 0.395. The van der Waals surface area contributed by atoms with E-state index >= 15 is 0 Å². The van der Waals surface area contributed by atoms with Crippen LogP contribution in [0.2, 0.25) is 5.02 Å². The van der Waals surface area contributed by atoms with Crippen molar-refractivity contribution in [3.8, 4) is 0 Å². The van der Waals surface area contributed by atoms with Crippen molar-refractivity contribution >= 4 is 23.3 Å². The number of anilines is 1. The number of carbonyl (C=O) groups excluding carboxylic acids is 1. The minimum Gasteiger partial charge on any atom is -0.459 e. The Hall–Kier alpha value is -1.29. The number of halogens is 1. The van der Waals surface area contributed by atoms with Gasteiger partial charge in [-0.05, 0) is 6.07 Å². The van der Waals surface area contributed by atoms with Crippen molar-refractivity contribution in [1.29, 1.82) is 0 Å². The van der Waals surface area contributed by atoms with Gasteiger partial charge in [-0.3, -0.25) is 9.78 Å². The molecule has 0 aliphatic rings. The van der Waals surface area contributed by atoms with Gasteiger partial charge in [0.05, 0.1) is 16.4 Å². The lowest BCUT2D eigenvalue weighted by atomic mass is 10.3. The number of pyridine rings is 1. The number of nitrogen functional groups attached to an aromatic ring is 1. The van der Waals surface area contributed by atoms with E-state index in [1.807, 2.05) is 0 Å². The standard InChI is InChI=1S/C8H9ClN2O2/c1-5(12)13-4-6-2-8(10)7(9)3-11-6/h2-3H,4H2,1H3,(H2,10,11). The topological polar surface area (TPSA) is 65.2 Å². The maximum absolute atomic E-state index is 10.5. The molecule has 1 aromatic rings. The first-order valence-corrected chi connectivity index (χ1v) is 4.00. The Kier molecular flexibility index (Phi) is 3.08. The second kappa shape index (κ2) is 4.09. The molecule has 0 atom stereocenters. The number of aromatic nitrogens is 1. The molecule has 0 aliphatic heterocycles. The summed E-state index contributed by atoms with van der Waals surface area (Å²) in [5.41, 5.74) is 6.52. The molecule has 2 N–H and O–H groups in total. The number of ether oxygens (including phenoxy) is 1. The molecule has 70 valence electrons. The average molecular weight is 201 g/mol. The van der Waals surface area contributed by atoms with Gasteiger partial charge in [0.15, 0.2) is 0 Å². The second-order valence-corrected chi connectivity index (χ2v) is 2.88. The van der Waals surface area contributed by atoms with Crippen LogP contribution in [-0.2, 0) is 16.1 Å². The van der Waals surface area contributed by atoms with Crippen molar-refractivity contribution in [2.45, 2.75) is 13.5 Å². The first-order chi connectivity index (χ1) is 6.09. The van der Waals surface area contributed by atoms with Crippen LogP contribution in [0.25, 0.3) is 0 Å². The van der Waals surface area contributed by atoms with Crippen LogP contribution in [0.15, 0.2) is 12.3 Å². The highest BCUT2D eigenvalue weighted by Gasteiger charge is 2.01. The molecule has 0 radical (unpaired) electrons. The Morgan fingerprint density at radius 3 is 3.00 bits per heavy atom. The van der Waals surface area contributed by atoms with E-state index in [4.69, 9.17) is 22.1 Å². The van der Waals surface area contributed by atoms with Crippen LogP contribution in [0.1, 0.15) is 12.6 Å². The van der Waals surface area contributed by atoms with Gasteiger partial charge in [0, 0.05) is 13.1 Å². The Labute approximate surface area is 80.7 Å². The van der Waals surface area contributed by atoms with Crippen LogP contribution < -0.4 is 5.73 Å². The number of hydrogen-bond acceptors (Lipinski definition) is 4. The Morgan fingerprint density at radius 1 is 1.77 bits per heavy atom. The lowest BCUT2D eigenvalue weighted by Gasteiger charge is -2.02. The fourth-order valence-electron chi connectivity index (χ4n) is 0.754. The third kappa shape index (κ3) is 2.91. The predicted molar refractivity (Wildman–Crippen MR) is 49.1 cm³/mol. The molecule has 0 spiro atoms. The van der Waals surface area contributed by atoms with Crippen molar-refractivity contribution in [1.82, 2.24) is 4.98 Å². The van der Waals surface area contributed by atoms with Gasteiger partial charge in [0.25, 0.3) is 0 Å². The van der Waals surface area contributed by atoms with E-state index in [1.54, 1.807) is 6.07 Å². The first kappa shape index (κ1) is 9.80. The normalized spacial score (nSPS) is 9.69. The Morgan fingerprint density at radius 2 is 2.46 bits per heavy atom. The summed E-state index contributed by atoms with van der Waals surface area (Å²) >= 11 is 5.65. The van der Waals surface area contributed by atoms with Crippen LogP contribution in [-0.4, -0.2) is 11.0 Å². The van der Waals surface area contributed by atoms with E-state index in [9.17, 15) is 4.79 Å². The van der Waals surface area contributed by atoms with Gasteiger partial charge in [-0.1, -0.05) is 11.6 Å². The monoisotopic (exact) mass is 200 g/mol. The molecule has 1 aromatic heterocycles. The minimum atomic E-state index is -0.352. The number of hydrogen-bond donors (Lipinski definition) is 1. The van der Waals surface area contributed by atoms with Gasteiger partial charge in [-0.2, -0.15) is 0 Å². The van der Waals surface area contributed by atoms with Crippen LogP contribution >= 0.6 is 11.6 Å². The molecule has 0 saturated carbocycles. The van der Waals surface area contributed by atoms with E-state index in [0.29, 0.717) is 16.4 Å². The van der Waals surface area contributed by atoms with E-state index in [2.05, 4.69) is 4.98 Å². The molecule has 0 bridgehead atoms. The van der Waals surface area contributed by atoms with Gasteiger partial charge in [-0.15, -0.1) is 0 Å². The smallest absolute Gasteiger partial charge is 0.303 e. The molecule has 4 nitrogen and oxygen atoms in total. The number of nitrogens with two attached hydrogens (primary N) is 1. The molecule has 0 unspecified atom stereocenters. The maximum atomic E-state index is 10.5. The summed E-state index contributed by atoms with van der Waals surface area (Å²) in [5.74, 6) is -0.352. The second-order valence-electron chi connectivity index (χ2n) is 2.48. The number of esters is 1. The molecule has 0 amide bonds.